The molecule has 752 valence electrons. The monoisotopic (exact) mass is 1870 g/mol. The molecule has 18 heteroatoms. The van der Waals surface area contributed by atoms with Crippen molar-refractivity contribution in [2.75, 3.05) is 105 Å². The number of carbonyl (C=O) groups is 4. The van der Waals surface area contributed by atoms with Gasteiger partial charge in [0.25, 0.3) is 5.91 Å². The Hall–Kier alpha value is -11.9. The molecule has 12 rings (SSSR count). The summed E-state index contributed by atoms with van der Waals surface area (Å²) in [5, 5.41) is 12.5. The van der Waals surface area contributed by atoms with Crippen LogP contribution in [0.5, 0.6) is 5.75 Å². The topological polar surface area (TPSA) is 246 Å². The van der Waals surface area contributed by atoms with Crippen LogP contribution in [0.3, 0.4) is 0 Å². The number of rotatable bonds is 22. The number of ether oxygens (including phenoxy) is 1. The molecule has 0 radical (unpaired) electrons. The summed E-state index contributed by atoms with van der Waals surface area (Å²) in [4.78, 5) is 68.7. The second kappa shape index (κ2) is 88.4. The molecule has 4 aliphatic rings. The van der Waals surface area contributed by atoms with Gasteiger partial charge in [-0.25, -0.2) is 4.98 Å². The number of β-amino-alcohol motifs (C(OH)–C–C–N with tert-alkyl or cyclic N) is 1. The van der Waals surface area contributed by atoms with Crippen LogP contribution in [0.2, 0.25) is 0 Å². The quantitative estimate of drug-likeness (QED) is 0.0273. The number of nitrogens with zero attached hydrogens (tertiary/aromatic N) is 7. The van der Waals surface area contributed by atoms with E-state index in [0.29, 0.717) is 72.1 Å². The maximum absolute atomic E-state index is 12.7. The number of nitrogens with two attached hydrogens (primary N) is 4. The number of nitrogens with one attached hydrogen (secondary N) is 1. The summed E-state index contributed by atoms with van der Waals surface area (Å²) in [6, 6.07) is 58.5. The number of aromatic nitrogens is 1. The number of aliphatic hydroxyl groups is 1. The first-order valence-electron chi connectivity index (χ1n) is 50.2. The van der Waals surface area contributed by atoms with Gasteiger partial charge in [0, 0.05) is 209 Å². The highest BCUT2D eigenvalue weighted by Gasteiger charge is 2.25. The lowest BCUT2D eigenvalue weighted by atomic mass is 10.0. The van der Waals surface area contributed by atoms with E-state index in [4.69, 9.17) is 27.7 Å². The number of allylic oxidation sites excluding steroid dienone is 4. The molecule has 0 bridgehead atoms. The second-order valence-corrected chi connectivity index (χ2v) is 28.2. The minimum atomic E-state index is -0.226. The Morgan fingerprint density at radius 1 is 0.412 bits per heavy atom. The van der Waals surface area contributed by atoms with Crippen molar-refractivity contribution in [2.45, 2.75) is 243 Å². The summed E-state index contributed by atoms with van der Waals surface area (Å²) in [6.07, 6.45) is 19.0. The van der Waals surface area contributed by atoms with E-state index < -0.39 is 0 Å². The zero-order valence-electron chi connectivity index (χ0n) is 88.7. The third kappa shape index (κ3) is 57.1. The van der Waals surface area contributed by atoms with Gasteiger partial charge < -0.3 is 47.9 Å². The smallest absolute Gasteiger partial charge is 0.255 e. The number of aliphatic hydroxyl groups excluding tert-OH is 1. The normalized spacial score (nSPS) is 13.5. The molecule has 2 atom stereocenters. The molecule has 0 unspecified atom stereocenters. The average Bonchev–Trinajstić information content (AvgIpc) is 1.67. The standard InChI is InChI=1S/C25H29N3O.C24H27N3O.C24H26N2O2.C21H22N4O2.12C2H6.4H2/c1-27(2)24-13-15-28(19-24)18-22-11-9-21(10-12-22)17-25(29)23-8-5-7-20(16-23)6-3-4-14-26;1-26-13-15-27(16-14-26)19-22-10-8-21(9-11-22)18-24(28)23-7-4-6-20(17-23)5-2-3-12-25;25-13-2-1-6-20-7-5-8-22(18-20)24(27)19-21-9-11-23(12-10-21)28-17-16-26-14-3-4-15-26;22-10-2-1-3-18-13-19(8-11-23-18)24-21(27)17-6-4-16(5-7-17)14-25-12-9-20(26)15-25;12*1-2;;;;/h4-5,7-12,14,16,24H,13,15,17-19,26H2,1-2H3;3-4,6-12,17H,13-16,18-19,25H2,1H3;2,5,7-13,18H,3-4,14-17,19,25H2;2,4-8,10-11,13,20,26H,9,12,14-15,22H2,(H,23,24,27);12*1-2H3;4*1H/b14-4+;12-3+;13-2+;10-2+;;;;;;;;;;;;;;;;/t24-;;;20-;;;;;;;;;;;;;;;;/m1..1................/s1/i;;;;;;;;;;;;;;;;4*1+2. The minimum Gasteiger partial charge on any atom is -0.492 e. The number of hydrogen-bond acceptors (Lipinski definition) is 17. The predicted molar refractivity (Wildman–Crippen MR) is 594 cm³/mol. The molecule has 0 spiro atoms. The van der Waals surface area contributed by atoms with Crippen molar-refractivity contribution >= 4 is 28.9 Å². The number of likely N-dealkylation sites (tertiary alicyclic amines) is 3. The summed E-state index contributed by atoms with van der Waals surface area (Å²) < 4.78 is 5.82. The Kier molecular flexibility index (Phi) is 84.7. The van der Waals surface area contributed by atoms with Crippen molar-refractivity contribution in [2.24, 2.45) is 22.9 Å². The van der Waals surface area contributed by atoms with Crippen LogP contribution in [0, 0.1) is 47.4 Å². The molecule has 1 amide bonds. The van der Waals surface area contributed by atoms with Gasteiger partial charge in [0.05, 0.1) is 6.10 Å². The van der Waals surface area contributed by atoms with E-state index in [-0.39, 0.29) is 35.1 Å². The number of carbonyl (C=O) groups excluding carboxylic acids is 4. The Balaban J connectivity index is -0.000000255. The van der Waals surface area contributed by atoms with E-state index in [1.54, 1.807) is 36.6 Å². The van der Waals surface area contributed by atoms with Crippen LogP contribution < -0.4 is 33.0 Å². The van der Waals surface area contributed by atoms with Gasteiger partial charge in [0.2, 0.25) is 0 Å². The number of piperazine rings is 1. The van der Waals surface area contributed by atoms with E-state index in [1.807, 2.05) is 287 Å². The molecule has 7 aromatic carbocycles. The molecular weight excluding hydrogens is 1680 g/mol. The van der Waals surface area contributed by atoms with Crippen molar-refractivity contribution < 1.29 is 34.7 Å². The number of Topliss-reactive ketones (excluding diaryl/α,β-unsaturated/α-hetero) is 3. The number of ketones is 3. The zero-order chi connectivity index (χ0) is 103. The van der Waals surface area contributed by atoms with Gasteiger partial charge in [0.15, 0.2) is 17.3 Å². The van der Waals surface area contributed by atoms with Gasteiger partial charge in [-0.15, -0.1) is 0 Å². The number of likely N-dealkylation sites (N-methyl/N-ethyl adjacent to an activating group) is 2. The lowest BCUT2D eigenvalue weighted by Gasteiger charge is -2.32. The fourth-order valence-corrected chi connectivity index (χ4v) is 13.0. The summed E-state index contributed by atoms with van der Waals surface area (Å²) in [5.74, 6) is 23.9. The first kappa shape index (κ1) is 130. The van der Waals surface area contributed by atoms with Crippen LogP contribution in [0.15, 0.2) is 237 Å². The number of amides is 1. The predicted octanol–water partition coefficient (Wildman–Crippen LogP) is 24.2. The van der Waals surface area contributed by atoms with Crippen molar-refractivity contribution in [3.05, 3.63) is 315 Å². The molecule has 4 aliphatic heterocycles. The highest BCUT2D eigenvalue weighted by Crippen LogP contribution is 2.22. The van der Waals surface area contributed by atoms with Crippen molar-refractivity contribution in [1.82, 2.24) is 34.4 Å². The zero-order valence-corrected chi connectivity index (χ0v) is 88.7. The molecule has 4 fully saturated rings. The van der Waals surface area contributed by atoms with Gasteiger partial charge in [-0.1, -0.05) is 317 Å². The summed E-state index contributed by atoms with van der Waals surface area (Å²) >= 11 is 0. The van der Waals surface area contributed by atoms with E-state index in [2.05, 4.69) is 157 Å². The number of hydrogen-bond donors (Lipinski definition) is 6. The van der Waals surface area contributed by atoms with Gasteiger partial charge in [-0.2, -0.15) is 0 Å². The largest absolute Gasteiger partial charge is 0.492 e. The van der Waals surface area contributed by atoms with E-state index in [9.17, 15) is 24.3 Å². The molecule has 0 aliphatic carbocycles. The van der Waals surface area contributed by atoms with Crippen LogP contribution in [-0.2, 0) is 38.9 Å². The summed E-state index contributed by atoms with van der Waals surface area (Å²) in [7, 11) is 6.47. The van der Waals surface area contributed by atoms with E-state index in [0.717, 1.165) is 123 Å². The van der Waals surface area contributed by atoms with Gasteiger partial charge in [0.1, 0.15) is 18.1 Å². The Morgan fingerprint density at radius 2 is 0.765 bits per heavy atom. The van der Waals surface area contributed by atoms with Crippen molar-refractivity contribution in [3.63, 3.8) is 0 Å². The van der Waals surface area contributed by atoms with Crippen LogP contribution in [0.25, 0.3) is 0 Å². The fourth-order valence-electron chi connectivity index (χ4n) is 13.0. The van der Waals surface area contributed by atoms with E-state index >= 15 is 0 Å². The maximum Gasteiger partial charge on any atom is 0.255 e. The molecule has 1 aromatic heterocycles. The van der Waals surface area contributed by atoms with Crippen LogP contribution >= 0.6 is 0 Å². The Morgan fingerprint density at radius 3 is 1.13 bits per heavy atom. The van der Waals surface area contributed by atoms with Gasteiger partial charge in [-0.3, -0.25) is 38.8 Å². The molecule has 18 nitrogen and oxygen atoms in total. The van der Waals surface area contributed by atoms with Crippen LogP contribution in [0.1, 0.15) is 295 Å². The average molecular weight is 1870 g/mol. The Labute approximate surface area is 832 Å². The fraction of sp³-hybridized carbons (Fsp3) is 0.432. The van der Waals surface area contributed by atoms with Crippen molar-refractivity contribution in [1.29, 1.82) is 0 Å². The minimum absolute atomic E-state index is 0. The molecule has 4 saturated heterocycles. The summed E-state index contributed by atoms with van der Waals surface area (Å²) in [6.45, 7) is 63.1. The molecule has 5 heterocycles. The third-order valence-electron chi connectivity index (χ3n) is 19.3. The third-order valence-corrected chi connectivity index (χ3v) is 19.3. The number of benzene rings is 7. The van der Waals surface area contributed by atoms with Gasteiger partial charge in [-0.05, 0) is 172 Å². The van der Waals surface area contributed by atoms with Crippen LogP contribution in [-0.4, -0.2) is 175 Å². The Bertz CT molecular complexity index is 4790. The van der Waals surface area contributed by atoms with Crippen LogP contribution in [0.4, 0.5) is 5.69 Å². The van der Waals surface area contributed by atoms with E-state index in [1.165, 1.54) is 74.4 Å². The number of anilines is 1. The SMILES string of the molecule is CC.CC.CC.CC.CC.CC.CC.CC.CC.CC.CC.CC.CN(C)[C@@H]1CCN(Cc2ccc(CC(=O)c3cccc(C#C/C=C/N)c3)cc2)C1.CN1CCN(Cc2ccc(CC(=O)c3cccc(C#C/C=C/N)c3)cc2)CC1.N/C=C/C#Cc1cc(NC(=O)c2ccc(CN3CC[C@@H](O)C3)cc2)ccn1.N/C=C/C#Cc1cccc(C(=O)Cc2ccc(OCCN3CCCC3)cc2)c1.[3HH].[3HH].[3HH].[3HH]. The molecule has 136 heavy (non-hydrogen) atoms. The lowest BCUT2D eigenvalue weighted by Crippen LogP contribution is -2.43. The highest BCUT2D eigenvalue weighted by molar-refractivity contribution is 6.04. The molecular formula is C118H184N12O6. The first-order valence-corrected chi connectivity index (χ1v) is 50.2. The molecule has 8 aromatic rings. The first-order chi connectivity index (χ1) is 66.6. The van der Waals surface area contributed by atoms with Crippen molar-refractivity contribution in [3.8, 4) is 53.1 Å². The lowest BCUT2D eigenvalue weighted by molar-refractivity contribution is 0.0984. The number of pyridine rings is 1. The molecule has 10 N–H and O–H groups in total. The highest BCUT2D eigenvalue weighted by atomic mass is 16.5. The molecule has 0 saturated carbocycles. The second-order valence-electron chi connectivity index (χ2n) is 28.2. The summed E-state index contributed by atoms with van der Waals surface area (Å²) in [5.41, 5.74) is 34.1. The van der Waals surface area contributed by atoms with Gasteiger partial charge >= 0.3 is 0 Å². The maximum atomic E-state index is 12.7.